The van der Waals surface area contributed by atoms with E-state index >= 15 is 0 Å². The lowest BCUT2D eigenvalue weighted by Gasteiger charge is -2.14. The van der Waals surface area contributed by atoms with Crippen molar-refractivity contribution in [2.45, 2.75) is 12.5 Å². The Hall–Kier alpha value is -2.21. The third kappa shape index (κ3) is 3.42. The molecule has 0 radical (unpaired) electrons. The number of halogens is 1. The molecule has 0 spiro atoms. The topological polar surface area (TPSA) is 66.4 Å². The number of rotatable bonds is 5. The van der Waals surface area contributed by atoms with Gasteiger partial charge in [0.25, 0.3) is 5.91 Å². The van der Waals surface area contributed by atoms with E-state index < -0.39 is 23.7 Å². The Labute approximate surface area is 118 Å². The Bertz CT molecular complexity index is 613. The van der Waals surface area contributed by atoms with Crippen LogP contribution in [0.3, 0.4) is 0 Å². The van der Waals surface area contributed by atoms with E-state index in [2.05, 4.69) is 5.32 Å². The second-order valence-corrected chi connectivity index (χ2v) is 5.08. The van der Waals surface area contributed by atoms with Crippen molar-refractivity contribution in [2.24, 2.45) is 0 Å². The molecule has 0 fully saturated rings. The predicted octanol–water partition coefficient (Wildman–Crippen LogP) is 2.31. The second-order valence-electron chi connectivity index (χ2n) is 4.14. The zero-order valence-electron chi connectivity index (χ0n) is 10.4. The molecule has 2 N–H and O–H groups in total. The molecule has 1 atom stereocenters. The molecule has 0 saturated carbocycles. The molecule has 0 bridgehead atoms. The SMILES string of the molecule is O=C(NC(Cc1ccccc1F)C(=O)O)c1cccs1. The molecule has 2 rings (SSSR count). The summed E-state index contributed by atoms with van der Waals surface area (Å²) in [7, 11) is 0. The summed E-state index contributed by atoms with van der Waals surface area (Å²) in [5, 5.41) is 13.3. The molecule has 0 aliphatic heterocycles. The van der Waals surface area contributed by atoms with Crippen LogP contribution in [0.15, 0.2) is 41.8 Å². The summed E-state index contributed by atoms with van der Waals surface area (Å²) in [6.45, 7) is 0. The van der Waals surface area contributed by atoms with Crippen LogP contribution in [-0.4, -0.2) is 23.0 Å². The molecule has 1 amide bonds. The lowest BCUT2D eigenvalue weighted by Crippen LogP contribution is -2.42. The predicted molar refractivity (Wildman–Crippen MR) is 73.3 cm³/mol. The smallest absolute Gasteiger partial charge is 0.326 e. The number of aliphatic carboxylic acids is 1. The minimum atomic E-state index is -1.20. The highest BCUT2D eigenvalue weighted by Crippen LogP contribution is 2.12. The molecule has 1 aromatic carbocycles. The lowest BCUT2D eigenvalue weighted by atomic mass is 10.1. The van der Waals surface area contributed by atoms with Crippen molar-refractivity contribution in [1.82, 2.24) is 5.32 Å². The number of amides is 1. The first-order valence-corrected chi connectivity index (χ1v) is 6.76. The molecule has 6 heteroatoms. The van der Waals surface area contributed by atoms with Gasteiger partial charge in [0.1, 0.15) is 11.9 Å². The van der Waals surface area contributed by atoms with Gasteiger partial charge in [-0.25, -0.2) is 9.18 Å². The first-order chi connectivity index (χ1) is 9.58. The molecule has 1 heterocycles. The summed E-state index contributed by atoms with van der Waals surface area (Å²) >= 11 is 1.22. The fourth-order valence-corrected chi connectivity index (χ4v) is 2.35. The van der Waals surface area contributed by atoms with Gasteiger partial charge in [-0.1, -0.05) is 24.3 Å². The molecule has 0 saturated heterocycles. The van der Waals surface area contributed by atoms with Crippen LogP contribution in [0.2, 0.25) is 0 Å². The van der Waals surface area contributed by atoms with Gasteiger partial charge < -0.3 is 10.4 Å². The summed E-state index contributed by atoms with van der Waals surface area (Å²) in [5.41, 5.74) is 0.256. The van der Waals surface area contributed by atoms with Crippen LogP contribution in [0.1, 0.15) is 15.2 Å². The van der Waals surface area contributed by atoms with Gasteiger partial charge in [0, 0.05) is 6.42 Å². The van der Waals surface area contributed by atoms with E-state index in [1.807, 2.05) is 0 Å². The molecule has 4 nitrogen and oxygen atoms in total. The van der Waals surface area contributed by atoms with Gasteiger partial charge in [-0.2, -0.15) is 0 Å². The number of carbonyl (C=O) groups excluding carboxylic acids is 1. The van der Waals surface area contributed by atoms with Gasteiger partial charge in [-0.05, 0) is 23.1 Å². The number of nitrogens with one attached hydrogen (secondary N) is 1. The largest absolute Gasteiger partial charge is 0.480 e. The summed E-state index contributed by atoms with van der Waals surface area (Å²) in [6.07, 6.45) is -0.0981. The number of carboxylic acid groups (broad SMARTS) is 1. The summed E-state index contributed by atoms with van der Waals surface area (Å²) in [6, 6.07) is 8.05. The lowest BCUT2D eigenvalue weighted by molar-refractivity contribution is -0.139. The Morgan fingerprint density at radius 3 is 2.60 bits per heavy atom. The van der Waals surface area contributed by atoms with Crippen LogP contribution in [0.25, 0.3) is 0 Å². The monoisotopic (exact) mass is 293 g/mol. The van der Waals surface area contributed by atoms with Crippen molar-refractivity contribution in [3.05, 3.63) is 58.0 Å². The highest BCUT2D eigenvalue weighted by Gasteiger charge is 2.22. The average molecular weight is 293 g/mol. The second kappa shape index (κ2) is 6.29. The van der Waals surface area contributed by atoms with Crippen molar-refractivity contribution in [3.8, 4) is 0 Å². The molecule has 20 heavy (non-hydrogen) atoms. The first kappa shape index (κ1) is 14.2. The van der Waals surface area contributed by atoms with Crippen molar-refractivity contribution < 1.29 is 19.1 Å². The van der Waals surface area contributed by atoms with Gasteiger partial charge in [-0.3, -0.25) is 4.79 Å². The summed E-state index contributed by atoms with van der Waals surface area (Å²) in [5.74, 6) is -2.15. The molecule has 104 valence electrons. The van der Waals surface area contributed by atoms with E-state index in [-0.39, 0.29) is 12.0 Å². The molecule has 0 aliphatic rings. The van der Waals surface area contributed by atoms with Crippen molar-refractivity contribution >= 4 is 23.2 Å². The number of hydrogen-bond donors (Lipinski definition) is 2. The van der Waals surface area contributed by atoms with E-state index in [1.54, 1.807) is 23.6 Å². The van der Waals surface area contributed by atoms with Crippen LogP contribution in [0.4, 0.5) is 4.39 Å². The van der Waals surface area contributed by atoms with Gasteiger partial charge >= 0.3 is 5.97 Å². The summed E-state index contributed by atoms with van der Waals surface area (Å²) < 4.78 is 13.5. The maximum Gasteiger partial charge on any atom is 0.326 e. The zero-order valence-corrected chi connectivity index (χ0v) is 11.2. The quantitative estimate of drug-likeness (QED) is 0.889. The zero-order chi connectivity index (χ0) is 14.5. The van der Waals surface area contributed by atoms with Gasteiger partial charge in [0.15, 0.2) is 0 Å². The first-order valence-electron chi connectivity index (χ1n) is 5.88. The maximum absolute atomic E-state index is 13.5. The Morgan fingerprint density at radius 2 is 2.00 bits per heavy atom. The third-order valence-electron chi connectivity index (χ3n) is 2.73. The van der Waals surface area contributed by atoms with Crippen LogP contribution in [-0.2, 0) is 11.2 Å². The fourth-order valence-electron chi connectivity index (χ4n) is 1.72. The Balaban J connectivity index is 2.10. The van der Waals surface area contributed by atoms with Crippen LogP contribution >= 0.6 is 11.3 Å². The van der Waals surface area contributed by atoms with Gasteiger partial charge in [-0.15, -0.1) is 11.3 Å². The average Bonchev–Trinajstić information content (AvgIpc) is 2.94. The maximum atomic E-state index is 13.5. The van der Waals surface area contributed by atoms with E-state index in [0.717, 1.165) is 0 Å². The normalized spacial score (nSPS) is 11.8. The van der Waals surface area contributed by atoms with Crippen LogP contribution < -0.4 is 5.32 Å². The number of benzene rings is 1. The van der Waals surface area contributed by atoms with Crippen LogP contribution in [0.5, 0.6) is 0 Å². The van der Waals surface area contributed by atoms with E-state index in [4.69, 9.17) is 5.11 Å². The number of thiophene rings is 1. The minimum Gasteiger partial charge on any atom is -0.480 e. The van der Waals surface area contributed by atoms with Gasteiger partial charge in [0.05, 0.1) is 4.88 Å². The van der Waals surface area contributed by atoms with Crippen molar-refractivity contribution in [3.63, 3.8) is 0 Å². The van der Waals surface area contributed by atoms with E-state index in [9.17, 15) is 14.0 Å². The number of hydrogen-bond acceptors (Lipinski definition) is 3. The molecule has 1 unspecified atom stereocenters. The fraction of sp³-hybridized carbons (Fsp3) is 0.143. The molecule has 2 aromatic rings. The van der Waals surface area contributed by atoms with Crippen molar-refractivity contribution in [2.75, 3.05) is 0 Å². The molecular formula is C14H12FNO3S. The van der Waals surface area contributed by atoms with E-state index in [1.165, 1.54) is 29.5 Å². The van der Waals surface area contributed by atoms with Crippen LogP contribution in [0, 0.1) is 5.82 Å². The standard InChI is InChI=1S/C14H12FNO3S/c15-10-5-2-1-4-9(10)8-11(14(18)19)16-13(17)12-6-3-7-20-12/h1-7,11H,8H2,(H,16,17)(H,18,19). The number of carbonyl (C=O) groups is 2. The summed E-state index contributed by atoms with van der Waals surface area (Å²) in [4.78, 5) is 23.4. The van der Waals surface area contributed by atoms with Crippen molar-refractivity contribution in [1.29, 1.82) is 0 Å². The van der Waals surface area contributed by atoms with Gasteiger partial charge in [0.2, 0.25) is 0 Å². The highest BCUT2D eigenvalue weighted by molar-refractivity contribution is 7.12. The third-order valence-corrected chi connectivity index (χ3v) is 3.60. The Kier molecular flexibility index (Phi) is 4.47. The Morgan fingerprint density at radius 1 is 1.25 bits per heavy atom. The molecule has 1 aromatic heterocycles. The minimum absolute atomic E-state index is 0.0981. The van der Waals surface area contributed by atoms with E-state index in [0.29, 0.717) is 4.88 Å². The molecular weight excluding hydrogens is 281 g/mol. The molecule has 0 aliphatic carbocycles. The number of carboxylic acids is 1. The highest BCUT2D eigenvalue weighted by atomic mass is 32.1.